The smallest absolute Gasteiger partial charge is 0.332 e. The van der Waals surface area contributed by atoms with Gasteiger partial charge in [0, 0.05) is 45.7 Å². The molecule has 4 rings (SSSR count). The van der Waals surface area contributed by atoms with Crippen LogP contribution in [0, 0.1) is 6.92 Å². The highest BCUT2D eigenvalue weighted by Gasteiger charge is 2.20. The number of methoxy groups -OCH3 is 1. The molecule has 8 heteroatoms. The summed E-state index contributed by atoms with van der Waals surface area (Å²) >= 11 is 0. The number of hydrogen-bond donors (Lipinski definition) is 0. The highest BCUT2D eigenvalue weighted by molar-refractivity contribution is 5.75. The van der Waals surface area contributed by atoms with Crippen LogP contribution in [0.5, 0.6) is 0 Å². The maximum Gasteiger partial charge on any atom is 0.332 e. The van der Waals surface area contributed by atoms with Gasteiger partial charge in [0.2, 0.25) is 5.78 Å². The first-order chi connectivity index (χ1) is 14.0. The predicted molar refractivity (Wildman–Crippen MR) is 112 cm³/mol. The van der Waals surface area contributed by atoms with E-state index >= 15 is 0 Å². The highest BCUT2D eigenvalue weighted by atomic mass is 16.5. The van der Waals surface area contributed by atoms with Crippen LogP contribution in [-0.2, 0) is 31.3 Å². The van der Waals surface area contributed by atoms with Gasteiger partial charge in [-0.25, -0.2) is 4.79 Å². The number of fused-ring (bicyclic) bond motifs is 3. The molecule has 1 aromatic carbocycles. The zero-order chi connectivity index (χ0) is 20.5. The molecule has 152 valence electrons. The minimum absolute atomic E-state index is 0.305. The van der Waals surface area contributed by atoms with Crippen LogP contribution in [0.1, 0.15) is 17.7 Å². The second-order valence-electron chi connectivity index (χ2n) is 7.26. The van der Waals surface area contributed by atoms with Gasteiger partial charge in [-0.05, 0) is 25.3 Å². The number of hydrogen-bond acceptors (Lipinski definition) is 4. The van der Waals surface area contributed by atoms with E-state index in [0.717, 1.165) is 24.2 Å². The summed E-state index contributed by atoms with van der Waals surface area (Å²) in [5.41, 5.74) is 2.28. The molecule has 0 atom stereocenters. The number of ether oxygens (including phenoxy) is 1. The summed E-state index contributed by atoms with van der Waals surface area (Å²) in [6.07, 6.45) is 3.36. The first-order valence-electron chi connectivity index (χ1n) is 9.73. The molecule has 0 unspecified atom stereocenters. The molecule has 0 aliphatic heterocycles. The Morgan fingerprint density at radius 1 is 1.07 bits per heavy atom. The van der Waals surface area contributed by atoms with E-state index in [2.05, 4.69) is 9.55 Å². The lowest BCUT2D eigenvalue weighted by Gasteiger charge is -2.08. The van der Waals surface area contributed by atoms with Crippen molar-refractivity contribution in [3.63, 3.8) is 0 Å². The minimum Gasteiger partial charge on any atom is -0.385 e. The molecule has 0 bridgehead atoms. The molecule has 0 fully saturated rings. The van der Waals surface area contributed by atoms with Crippen molar-refractivity contribution in [1.82, 2.24) is 23.1 Å². The van der Waals surface area contributed by atoms with Gasteiger partial charge in [-0.15, -0.1) is 0 Å². The molecule has 0 aliphatic rings. The zero-order valence-electron chi connectivity index (χ0n) is 17.0. The van der Waals surface area contributed by atoms with E-state index in [1.54, 1.807) is 18.6 Å². The maximum absolute atomic E-state index is 13.2. The van der Waals surface area contributed by atoms with Crippen LogP contribution in [0.4, 0.5) is 0 Å². The molecule has 8 nitrogen and oxygen atoms in total. The Bertz CT molecular complexity index is 1280. The van der Waals surface area contributed by atoms with Crippen LogP contribution >= 0.6 is 0 Å². The standard InChI is InChI=1S/C21H25N5O3/c1-15-14-26-17-18(22-20(26)24(15)11-7-13-29-3)23(2)21(28)25(19(17)27)12-10-16-8-5-4-6-9-16/h4-6,8-9,14H,7,10-13H2,1-3H3. The molecule has 0 saturated carbocycles. The highest BCUT2D eigenvalue weighted by Crippen LogP contribution is 2.16. The summed E-state index contributed by atoms with van der Waals surface area (Å²) in [5.74, 6) is 0.668. The van der Waals surface area contributed by atoms with Crippen molar-refractivity contribution in [2.45, 2.75) is 32.9 Å². The molecule has 0 amide bonds. The summed E-state index contributed by atoms with van der Waals surface area (Å²) in [6.45, 7) is 3.69. The molecule has 29 heavy (non-hydrogen) atoms. The van der Waals surface area contributed by atoms with Crippen LogP contribution in [0.3, 0.4) is 0 Å². The third-order valence-corrected chi connectivity index (χ3v) is 5.34. The normalized spacial score (nSPS) is 11.7. The Hall–Kier alpha value is -3.13. The fourth-order valence-corrected chi connectivity index (χ4v) is 3.78. The fraction of sp³-hybridized carbons (Fsp3) is 0.381. The second kappa shape index (κ2) is 7.71. The topological polar surface area (TPSA) is 75.5 Å². The van der Waals surface area contributed by atoms with Gasteiger partial charge in [-0.3, -0.25) is 18.3 Å². The van der Waals surface area contributed by atoms with E-state index < -0.39 is 0 Å². The van der Waals surface area contributed by atoms with Crippen LogP contribution in [0.2, 0.25) is 0 Å². The molecule has 0 aliphatic carbocycles. The lowest BCUT2D eigenvalue weighted by Crippen LogP contribution is -2.39. The summed E-state index contributed by atoms with van der Waals surface area (Å²) < 4.78 is 11.8. The Morgan fingerprint density at radius 2 is 1.83 bits per heavy atom. The summed E-state index contributed by atoms with van der Waals surface area (Å²) in [7, 11) is 3.34. The van der Waals surface area contributed by atoms with Crippen LogP contribution < -0.4 is 11.2 Å². The summed E-state index contributed by atoms with van der Waals surface area (Å²) in [4.78, 5) is 30.7. The lowest BCUT2D eigenvalue weighted by atomic mass is 10.1. The first-order valence-corrected chi connectivity index (χ1v) is 9.73. The van der Waals surface area contributed by atoms with Crippen LogP contribution in [0.25, 0.3) is 16.9 Å². The van der Waals surface area contributed by atoms with Gasteiger partial charge in [-0.2, -0.15) is 4.98 Å². The van der Waals surface area contributed by atoms with Crippen molar-refractivity contribution in [1.29, 1.82) is 0 Å². The van der Waals surface area contributed by atoms with E-state index in [4.69, 9.17) is 4.74 Å². The second-order valence-corrected chi connectivity index (χ2v) is 7.26. The summed E-state index contributed by atoms with van der Waals surface area (Å²) in [5, 5.41) is 0. The number of imidazole rings is 2. The van der Waals surface area contributed by atoms with Crippen molar-refractivity contribution in [3.05, 3.63) is 68.6 Å². The maximum atomic E-state index is 13.2. The van der Waals surface area contributed by atoms with Crippen molar-refractivity contribution in [2.75, 3.05) is 13.7 Å². The van der Waals surface area contributed by atoms with E-state index in [1.165, 1.54) is 9.13 Å². The third kappa shape index (κ3) is 3.29. The minimum atomic E-state index is -0.346. The molecule has 0 saturated heterocycles. The van der Waals surface area contributed by atoms with Gasteiger partial charge in [0.05, 0.1) is 0 Å². The SMILES string of the molecule is COCCCn1c(C)cn2c3c(=O)n(CCc4ccccc4)c(=O)n(C)c3nc12. The van der Waals surface area contributed by atoms with Gasteiger partial charge in [0.1, 0.15) is 0 Å². The molecular weight excluding hydrogens is 370 g/mol. The van der Waals surface area contributed by atoms with E-state index in [0.29, 0.717) is 36.5 Å². The Kier molecular flexibility index (Phi) is 5.10. The predicted octanol–water partition coefficient (Wildman–Crippen LogP) is 1.74. The van der Waals surface area contributed by atoms with Gasteiger partial charge in [0.25, 0.3) is 5.56 Å². The molecule has 0 radical (unpaired) electrons. The molecule has 0 N–H and O–H groups in total. The van der Waals surface area contributed by atoms with Gasteiger partial charge >= 0.3 is 5.69 Å². The van der Waals surface area contributed by atoms with E-state index in [-0.39, 0.29) is 11.2 Å². The van der Waals surface area contributed by atoms with Crippen molar-refractivity contribution >= 4 is 16.9 Å². The van der Waals surface area contributed by atoms with Crippen molar-refractivity contribution in [3.8, 4) is 0 Å². The monoisotopic (exact) mass is 395 g/mol. The van der Waals surface area contributed by atoms with Gasteiger partial charge < -0.3 is 9.30 Å². The fourth-order valence-electron chi connectivity index (χ4n) is 3.78. The first kappa shape index (κ1) is 19.2. The average molecular weight is 395 g/mol. The Labute approximate surface area is 167 Å². The average Bonchev–Trinajstić information content (AvgIpc) is 3.23. The number of rotatable bonds is 7. The lowest BCUT2D eigenvalue weighted by molar-refractivity contribution is 0.190. The summed E-state index contributed by atoms with van der Waals surface area (Å²) in [6, 6.07) is 9.84. The molecule has 0 spiro atoms. The Morgan fingerprint density at radius 3 is 2.55 bits per heavy atom. The molecule has 4 aromatic rings. The van der Waals surface area contributed by atoms with E-state index in [9.17, 15) is 9.59 Å². The molecular formula is C21H25N5O3. The van der Waals surface area contributed by atoms with Crippen molar-refractivity contribution in [2.24, 2.45) is 7.05 Å². The number of benzene rings is 1. The van der Waals surface area contributed by atoms with Crippen LogP contribution in [-0.4, -0.2) is 36.8 Å². The van der Waals surface area contributed by atoms with Gasteiger partial charge in [0.15, 0.2) is 11.2 Å². The van der Waals surface area contributed by atoms with Gasteiger partial charge in [-0.1, -0.05) is 30.3 Å². The zero-order valence-corrected chi connectivity index (χ0v) is 17.0. The number of nitrogens with zero attached hydrogens (tertiary/aromatic N) is 5. The van der Waals surface area contributed by atoms with Crippen LogP contribution in [0.15, 0.2) is 46.1 Å². The number of aryl methyl sites for hydroxylation is 4. The van der Waals surface area contributed by atoms with Crippen molar-refractivity contribution < 1.29 is 4.74 Å². The Balaban J connectivity index is 1.82. The quantitative estimate of drug-likeness (QED) is 0.447. The largest absolute Gasteiger partial charge is 0.385 e. The molecule has 3 aromatic heterocycles. The third-order valence-electron chi connectivity index (χ3n) is 5.34. The number of aromatic nitrogens is 5. The molecule has 3 heterocycles. The van der Waals surface area contributed by atoms with E-state index in [1.807, 2.05) is 43.5 Å².